The number of benzene rings is 3. The second-order valence-electron chi connectivity index (χ2n) is 12.1. The molecule has 0 aliphatic carbocycles. The first kappa shape index (κ1) is 30.2. The lowest BCUT2D eigenvalue weighted by molar-refractivity contribution is -0.144. The van der Waals surface area contributed by atoms with Gasteiger partial charge >= 0.3 is 0 Å². The second kappa shape index (κ2) is 12.3. The van der Waals surface area contributed by atoms with E-state index in [2.05, 4.69) is 13.2 Å². The van der Waals surface area contributed by atoms with Crippen LogP contribution in [0.5, 0.6) is 0 Å². The fourth-order valence-electron chi connectivity index (χ4n) is 7.66. The Bertz CT molecular complexity index is 1590. The number of amides is 3. The highest BCUT2D eigenvalue weighted by molar-refractivity contribution is 8.02. The van der Waals surface area contributed by atoms with Crippen LogP contribution in [0.4, 0.5) is 5.69 Å². The Labute approximate surface area is 263 Å². The van der Waals surface area contributed by atoms with Gasteiger partial charge < -0.3 is 19.8 Å². The summed E-state index contributed by atoms with van der Waals surface area (Å²) in [5.41, 5.74) is 1.69. The van der Waals surface area contributed by atoms with Crippen LogP contribution >= 0.6 is 11.8 Å². The molecule has 6 atom stereocenters. The Morgan fingerprint density at radius 2 is 1.73 bits per heavy atom. The molecule has 3 aromatic carbocycles. The van der Waals surface area contributed by atoms with Gasteiger partial charge in [-0.3, -0.25) is 14.4 Å². The van der Waals surface area contributed by atoms with Crippen molar-refractivity contribution < 1.29 is 19.5 Å². The molecule has 44 heavy (non-hydrogen) atoms. The van der Waals surface area contributed by atoms with Crippen LogP contribution in [0.15, 0.2) is 98.1 Å². The van der Waals surface area contributed by atoms with Crippen LogP contribution in [0.3, 0.4) is 0 Å². The summed E-state index contributed by atoms with van der Waals surface area (Å²) in [5.74, 6) is -1.68. The van der Waals surface area contributed by atoms with Gasteiger partial charge in [-0.15, -0.1) is 24.9 Å². The Morgan fingerprint density at radius 3 is 2.43 bits per heavy atom. The third kappa shape index (κ3) is 4.94. The van der Waals surface area contributed by atoms with Crippen molar-refractivity contribution in [2.24, 2.45) is 11.8 Å². The van der Waals surface area contributed by atoms with Gasteiger partial charge in [-0.2, -0.15) is 0 Å². The van der Waals surface area contributed by atoms with Crippen LogP contribution in [0, 0.1) is 11.8 Å². The summed E-state index contributed by atoms with van der Waals surface area (Å²) in [5, 5.41) is 12.8. The van der Waals surface area contributed by atoms with Crippen molar-refractivity contribution in [3.8, 4) is 0 Å². The minimum atomic E-state index is -0.843. The molecular formula is C36H39N3O4S. The van der Waals surface area contributed by atoms with E-state index in [1.54, 1.807) is 45.7 Å². The molecule has 3 aromatic rings. The van der Waals surface area contributed by atoms with Gasteiger partial charge in [0.1, 0.15) is 6.04 Å². The monoisotopic (exact) mass is 609 g/mol. The molecule has 3 fully saturated rings. The van der Waals surface area contributed by atoms with Gasteiger partial charge in [-0.25, -0.2) is 0 Å². The summed E-state index contributed by atoms with van der Waals surface area (Å²) in [4.78, 5) is 48.5. The molecule has 1 spiro atoms. The number of likely N-dealkylation sites (N-methyl/N-ethyl adjacent to an activating group) is 1. The third-order valence-corrected chi connectivity index (χ3v) is 11.5. The molecule has 3 amide bonds. The smallest absolute Gasteiger partial charge is 0.251 e. The number of carbonyl (C=O) groups excluding carboxylic acids is 3. The fraction of sp³-hybridized carbons (Fsp3) is 0.361. The predicted octanol–water partition coefficient (Wildman–Crippen LogP) is 4.70. The first-order valence-corrected chi connectivity index (χ1v) is 16.1. The molecular weight excluding hydrogens is 570 g/mol. The lowest BCUT2D eigenvalue weighted by atomic mass is 9.70. The molecule has 3 aliphatic rings. The van der Waals surface area contributed by atoms with E-state index in [0.29, 0.717) is 19.4 Å². The number of aliphatic hydroxyl groups is 1. The minimum Gasteiger partial charge on any atom is -0.394 e. The molecule has 8 heteroatoms. The summed E-state index contributed by atoms with van der Waals surface area (Å²) in [6.07, 6.45) is 5.19. The van der Waals surface area contributed by atoms with E-state index in [1.807, 2.05) is 72.8 Å². The van der Waals surface area contributed by atoms with Gasteiger partial charge in [0.15, 0.2) is 0 Å². The zero-order valence-electron chi connectivity index (χ0n) is 25.0. The topological polar surface area (TPSA) is 81.2 Å². The number of likely N-dealkylation sites (tertiary alicyclic amines) is 1. The molecule has 3 aliphatic heterocycles. The van der Waals surface area contributed by atoms with Gasteiger partial charge in [0.05, 0.1) is 29.2 Å². The maximum Gasteiger partial charge on any atom is 0.251 e. The quantitative estimate of drug-likeness (QED) is 0.319. The van der Waals surface area contributed by atoms with Gasteiger partial charge in [0, 0.05) is 31.1 Å². The molecule has 0 saturated carbocycles. The first-order chi connectivity index (χ1) is 21.3. The number of hydrogen-bond donors (Lipinski definition) is 1. The van der Waals surface area contributed by atoms with Crippen LogP contribution in [-0.2, 0) is 20.8 Å². The van der Waals surface area contributed by atoms with Crippen molar-refractivity contribution >= 4 is 45.9 Å². The van der Waals surface area contributed by atoms with Gasteiger partial charge in [-0.1, -0.05) is 72.8 Å². The number of anilines is 1. The van der Waals surface area contributed by atoms with Crippen LogP contribution < -0.4 is 4.90 Å². The van der Waals surface area contributed by atoms with E-state index < -0.39 is 28.7 Å². The number of nitrogens with zero attached hydrogens (tertiary/aromatic N) is 3. The summed E-state index contributed by atoms with van der Waals surface area (Å²) >= 11 is 1.64. The van der Waals surface area contributed by atoms with Crippen LogP contribution in [0.25, 0.3) is 10.8 Å². The Morgan fingerprint density at radius 1 is 1.02 bits per heavy atom. The number of aliphatic hydroxyl groups excluding tert-OH is 1. The van der Waals surface area contributed by atoms with Crippen molar-refractivity contribution in [2.75, 3.05) is 31.6 Å². The molecule has 1 N–H and O–H groups in total. The number of thioether (sulfide) groups is 1. The first-order valence-electron chi connectivity index (χ1n) is 15.3. The minimum absolute atomic E-state index is 0.0450. The largest absolute Gasteiger partial charge is 0.394 e. The van der Waals surface area contributed by atoms with E-state index >= 15 is 4.79 Å². The lowest BCUT2D eigenvalue weighted by Crippen LogP contribution is -2.58. The average Bonchev–Trinajstić information content (AvgIpc) is 3.69. The Hall–Kier alpha value is -3.88. The van der Waals surface area contributed by atoms with E-state index in [9.17, 15) is 14.7 Å². The van der Waals surface area contributed by atoms with E-state index in [1.165, 1.54) is 0 Å². The highest BCUT2D eigenvalue weighted by atomic mass is 32.2. The maximum absolute atomic E-state index is 15.0. The standard InChI is InChI=1S/C36H39N3O4S/c1-4-19-37(3)33(41)30-29-17-18-36(44-29)31(30)34(42)39(28(23-40)21-24-11-7-6-8-12-24)32(36)35(43)38(20-5-2)27-16-15-25-13-9-10-14-26(25)22-27/h4-16,22,28-32,40H,1-2,17-21,23H2,3H3/t28-,29-,30+,31+,32?,36?/m1/s1. The summed E-state index contributed by atoms with van der Waals surface area (Å²) < 4.78 is -0.769. The molecule has 7 nitrogen and oxygen atoms in total. The van der Waals surface area contributed by atoms with E-state index in [-0.39, 0.29) is 36.1 Å². The molecule has 0 aromatic heterocycles. The summed E-state index contributed by atoms with van der Waals surface area (Å²) in [6, 6.07) is 22.2. The van der Waals surface area contributed by atoms with E-state index in [4.69, 9.17) is 0 Å². The van der Waals surface area contributed by atoms with Crippen molar-refractivity contribution in [3.05, 3.63) is 104 Å². The molecule has 3 saturated heterocycles. The molecule has 2 unspecified atom stereocenters. The van der Waals surface area contributed by atoms with Gasteiger partial charge in [-0.05, 0) is 47.7 Å². The van der Waals surface area contributed by atoms with E-state index in [0.717, 1.165) is 28.4 Å². The lowest BCUT2D eigenvalue weighted by Gasteiger charge is -2.39. The van der Waals surface area contributed by atoms with Gasteiger partial charge in [0.2, 0.25) is 11.8 Å². The highest BCUT2D eigenvalue weighted by Gasteiger charge is 2.74. The normalized spacial score (nSPS) is 26.0. The fourth-order valence-corrected chi connectivity index (χ4v) is 9.86. The Balaban J connectivity index is 1.45. The molecule has 228 valence electrons. The molecule has 6 rings (SSSR count). The maximum atomic E-state index is 15.0. The third-order valence-electron chi connectivity index (χ3n) is 9.58. The molecule has 3 heterocycles. The summed E-state index contributed by atoms with van der Waals surface area (Å²) in [7, 11) is 1.74. The average molecular weight is 610 g/mol. The van der Waals surface area contributed by atoms with Crippen molar-refractivity contribution in [3.63, 3.8) is 0 Å². The zero-order valence-corrected chi connectivity index (χ0v) is 25.9. The summed E-state index contributed by atoms with van der Waals surface area (Å²) in [6.45, 7) is 8.08. The Kier molecular flexibility index (Phi) is 8.40. The number of fused-ring (bicyclic) bond motifs is 2. The number of hydrogen-bond acceptors (Lipinski definition) is 5. The zero-order chi connectivity index (χ0) is 31.0. The van der Waals surface area contributed by atoms with Crippen molar-refractivity contribution in [1.29, 1.82) is 0 Å². The van der Waals surface area contributed by atoms with Crippen LogP contribution in [0.1, 0.15) is 18.4 Å². The highest BCUT2D eigenvalue weighted by Crippen LogP contribution is 2.67. The second-order valence-corrected chi connectivity index (χ2v) is 13.7. The molecule has 2 bridgehead atoms. The predicted molar refractivity (Wildman–Crippen MR) is 176 cm³/mol. The molecule has 0 radical (unpaired) electrons. The van der Waals surface area contributed by atoms with Crippen LogP contribution in [-0.4, -0.2) is 81.5 Å². The van der Waals surface area contributed by atoms with Crippen LogP contribution in [0.2, 0.25) is 0 Å². The van der Waals surface area contributed by atoms with Crippen molar-refractivity contribution in [1.82, 2.24) is 9.80 Å². The van der Waals surface area contributed by atoms with Crippen molar-refractivity contribution in [2.45, 2.75) is 41.3 Å². The van der Waals surface area contributed by atoms with Gasteiger partial charge in [0.25, 0.3) is 5.91 Å². The number of carbonyl (C=O) groups is 3. The number of rotatable bonds is 11. The SMILES string of the molecule is C=CCN(C)C(=O)[C@@H]1[C@H]2C(=O)N([C@@H](CO)Cc3ccccc3)C(C(=O)N(CC=C)c3ccc4ccccc4c3)C23CC[C@H]1S3.